The highest BCUT2D eigenvalue weighted by Gasteiger charge is 2.15. The molecule has 15 heavy (non-hydrogen) atoms. The summed E-state index contributed by atoms with van der Waals surface area (Å²) in [7, 11) is 1.60. The predicted molar refractivity (Wildman–Crippen MR) is 56.7 cm³/mol. The normalized spacial score (nSPS) is 15.9. The number of carbonyl (C=O) groups excluding carboxylic acids is 1. The lowest BCUT2D eigenvalue weighted by Crippen LogP contribution is -2.09. The highest BCUT2D eigenvalue weighted by Crippen LogP contribution is 2.28. The van der Waals surface area contributed by atoms with Gasteiger partial charge in [0, 0.05) is 12.5 Å². The van der Waals surface area contributed by atoms with Gasteiger partial charge in [-0.25, -0.2) is 0 Å². The summed E-state index contributed by atoms with van der Waals surface area (Å²) in [6, 6.07) is 5.35. The van der Waals surface area contributed by atoms with Crippen molar-refractivity contribution in [1.29, 1.82) is 0 Å². The van der Waals surface area contributed by atoms with Crippen LogP contribution in [-0.2, 0) is 0 Å². The van der Waals surface area contributed by atoms with E-state index in [1.165, 1.54) is 0 Å². The van der Waals surface area contributed by atoms with Crippen molar-refractivity contribution in [3.05, 3.63) is 23.8 Å². The lowest BCUT2D eigenvalue weighted by atomic mass is 10.0. The zero-order valence-corrected chi connectivity index (χ0v) is 8.79. The molecule has 3 nitrogen and oxygen atoms in total. The number of benzene rings is 1. The molecule has 3 heteroatoms. The molecule has 0 aliphatic carbocycles. The molecule has 1 aromatic rings. The highest BCUT2D eigenvalue weighted by molar-refractivity contribution is 5.98. The number of ketones is 1. The molecule has 2 rings (SSSR count). The van der Waals surface area contributed by atoms with Gasteiger partial charge in [0.25, 0.3) is 0 Å². The number of hydrogen-bond donors (Lipinski definition) is 0. The fraction of sp³-hybridized carbons (Fsp3) is 0.417. The van der Waals surface area contributed by atoms with Gasteiger partial charge < -0.3 is 9.47 Å². The van der Waals surface area contributed by atoms with Crippen LogP contribution in [0.1, 0.15) is 29.6 Å². The van der Waals surface area contributed by atoms with E-state index in [0.717, 1.165) is 18.6 Å². The molecule has 1 aliphatic heterocycles. The van der Waals surface area contributed by atoms with Gasteiger partial charge in [-0.2, -0.15) is 0 Å². The standard InChI is InChI=1S/C12H14O3/c1-14-9-5-6-10-11(13)4-2-3-7-15-12(10)8-9/h5-6,8H,2-4,7H2,1H3. The molecule has 0 radical (unpaired) electrons. The summed E-state index contributed by atoms with van der Waals surface area (Å²) < 4.78 is 10.6. The molecule has 0 fully saturated rings. The van der Waals surface area contributed by atoms with Gasteiger partial charge in [0.1, 0.15) is 11.5 Å². The Balaban J connectivity index is 2.38. The quantitative estimate of drug-likeness (QED) is 0.708. The number of fused-ring (bicyclic) bond motifs is 1. The summed E-state index contributed by atoms with van der Waals surface area (Å²) in [5.74, 6) is 1.54. The molecule has 0 spiro atoms. The van der Waals surface area contributed by atoms with Crippen LogP contribution in [0.15, 0.2) is 18.2 Å². The van der Waals surface area contributed by atoms with E-state index >= 15 is 0 Å². The van der Waals surface area contributed by atoms with E-state index in [-0.39, 0.29) is 5.78 Å². The number of carbonyl (C=O) groups is 1. The van der Waals surface area contributed by atoms with Crippen LogP contribution >= 0.6 is 0 Å². The monoisotopic (exact) mass is 206 g/mol. The van der Waals surface area contributed by atoms with Gasteiger partial charge >= 0.3 is 0 Å². The van der Waals surface area contributed by atoms with Gasteiger partial charge in [0.2, 0.25) is 0 Å². The minimum Gasteiger partial charge on any atom is -0.497 e. The second-order valence-corrected chi connectivity index (χ2v) is 3.59. The summed E-state index contributed by atoms with van der Waals surface area (Å²) in [6.07, 6.45) is 2.45. The summed E-state index contributed by atoms with van der Waals surface area (Å²) in [5, 5.41) is 0. The number of hydrogen-bond acceptors (Lipinski definition) is 3. The van der Waals surface area contributed by atoms with E-state index in [9.17, 15) is 4.79 Å². The maximum absolute atomic E-state index is 11.7. The molecule has 1 heterocycles. The zero-order chi connectivity index (χ0) is 10.7. The van der Waals surface area contributed by atoms with Crippen molar-refractivity contribution in [2.24, 2.45) is 0 Å². The zero-order valence-electron chi connectivity index (χ0n) is 8.79. The second kappa shape index (κ2) is 4.34. The average molecular weight is 206 g/mol. The van der Waals surface area contributed by atoms with E-state index in [2.05, 4.69) is 0 Å². The minimum absolute atomic E-state index is 0.160. The molecule has 0 amide bonds. The Morgan fingerprint density at radius 2 is 2.20 bits per heavy atom. The Morgan fingerprint density at radius 1 is 1.33 bits per heavy atom. The maximum atomic E-state index is 11.7. The van der Waals surface area contributed by atoms with Gasteiger partial charge in [-0.15, -0.1) is 0 Å². The molecule has 0 N–H and O–H groups in total. The molecule has 0 bridgehead atoms. The molecule has 0 saturated heterocycles. The van der Waals surface area contributed by atoms with Crippen LogP contribution in [0.4, 0.5) is 0 Å². The first-order valence-corrected chi connectivity index (χ1v) is 5.15. The smallest absolute Gasteiger partial charge is 0.166 e. The number of ether oxygens (including phenoxy) is 2. The first-order chi connectivity index (χ1) is 7.31. The first-order valence-electron chi connectivity index (χ1n) is 5.15. The first kappa shape index (κ1) is 10.0. The molecule has 1 aliphatic rings. The van der Waals surface area contributed by atoms with Crippen molar-refractivity contribution in [3.8, 4) is 11.5 Å². The van der Waals surface area contributed by atoms with E-state index in [0.29, 0.717) is 24.3 Å². The Kier molecular flexibility index (Phi) is 2.90. The fourth-order valence-electron chi connectivity index (χ4n) is 1.68. The molecule has 0 aromatic heterocycles. The van der Waals surface area contributed by atoms with E-state index in [1.807, 2.05) is 0 Å². The van der Waals surface area contributed by atoms with Crippen molar-refractivity contribution in [1.82, 2.24) is 0 Å². The Bertz CT molecular complexity index is 371. The van der Waals surface area contributed by atoms with Crippen LogP contribution in [0, 0.1) is 0 Å². The maximum Gasteiger partial charge on any atom is 0.166 e. The third-order valence-electron chi connectivity index (χ3n) is 2.54. The van der Waals surface area contributed by atoms with Crippen molar-refractivity contribution in [3.63, 3.8) is 0 Å². The number of methoxy groups -OCH3 is 1. The predicted octanol–water partition coefficient (Wildman–Crippen LogP) is 2.44. The Morgan fingerprint density at radius 3 is 3.00 bits per heavy atom. The molecule has 0 saturated carbocycles. The van der Waals surface area contributed by atoms with Crippen molar-refractivity contribution in [2.45, 2.75) is 19.3 Å². The summed E-state index contributed by atoms with van der Waals surface area (Å²) in [5.41, 5.74) is 0.676. The van der Waals surface area contributed by atoms with Crippen LogP contribution in [-0.4, -0.2) is 19.5 Å². The SMILES string of the molecule is COc1ccc2c(c1)OCCCCC2=O. The van der Waals surface area contributed by atoms with Crippen LogP contribution in [0.5, 0.6) is 11.5 Å². The Hall–Kier alpha value is -1.51. The topological polar surface area (TPSA) is 35.5 Å². The molecular formula is C12H14O3. The second-order valence-electron chi connectivity index (χ2n) is 3.59. The van der Waals surface area contributed by atoms with Crippen LogP contribution in [0.2, 0.25) is 0 Å². The Labute approximate surface area is 89.0 Å². The van der Waals surface area contributed by atoms with Crippen LogP contribution in [0.25, 0.3) is 0 Å². The van der Waals surface area contributed by atoms with Crippen LogP contribution in [0.3, 0.4) is 0 Å². The van der Waals surface area contributed by atoms with Crippen molar-refractivity contribution < 1.29 is 14.3 Å². The molecule has 80 valence electrons. The fourth-order valence-corrected chi connectivity index (χ4v) is 1.68. The average Bonchev–Trinajstić information content (AvgIpc) is 2.25. The number of rotatable bonds is 1. The van der Waals surface area contributed by atoms with Gasteiger partial charge in [0.15, 0.2) is 5.78 Å². The molecule has 0 atom stereocenters. The van der Waals surface area contributed by atoms with Crippen molar-refractivity contribution >= 4 is 5.78 Å². The van der Waals surface area contributed by atoms with Gasteiger partial charge in [-0.05, 0) is 25.0 Å². The molecule has 1 aromatic carbocycles. The molecular weight excluding hydrogens is 192 g/mol. The van der Waals surface area contributed by atoms with Crippen molar-refractivity contribution in [2.75, 3.05) is 13.7 Å². The summed E-state index contributed by atoms with van der Waals surface area (Å²) in [4.78, 5) is 11.7. The third-order valence-corrected chi connectivity index (χ3v) is 2.54. The minimum atomic E-state index is 0.160. The largest absolute Gasteiger partial charge is 0.497 e. The van der Waals surface area contributed by atoms with Crippen LogP contribution < -0.4 is 9.47 Å². The highest BCUT2D eigenvalue weighted by atomic mass is 16.5. The van der Waals surface area contributed by atoms with E-state index < -0.39 is 0 Å². The summed E-state index contributed by atoms with van der Waals surface area (Å²) in [6.45, 7) is 0.674. The molecule has 0 unspecified atom stereocenters. The lowest BCUT2D eigenvalue weighted by Gasteiger charge is -2.15. The summed E-state index contributed by atoms with van der Waals surface area (Å²) >= 11 is 0. The third kappa shape index (κ3) is 2.12. The van der Waals surface area contributed by atoms with Gasteiger partial charge in [0.05, 0.1) is 19.3 Å². The van der Waals surface area contributed by atoms with Gasteiger partial charge in [-0.1, -0.05) is 0 Å². The van der Waals surface area contributed by atoms with E-state index in [1.54, 1.807) is 25.3 Å². The van der Waals surface area contributed by atoms with E-state index in [4.69, 9.17) is 9.47 Å². The van der Waals surface area contributed by atoms with Gasteiger partial charge in [-0.3, -0.25) is 4.79 Å². The number of Topliss-reactive ketones (excluding diaryl/α,β-unsaturated/α-hetero) is 1. The lowest BCUT2D eigenvalue weighted by molar-refractivity contribution is 0.0966.